The Kier molecular flexibility index (Phi) is 5.45. The molecule has 1 nitrogen and oxygen atoms in total. The van der Waals surface area contributed by atoms with Crippen molar-refractivity contribution in [3.8, 4) is 0 Å². The highest BCUT2D eigenvalue weighted by atomic mass is 79.9. The molecule has 0 aromatic carbocycles. The molecule has 1 heterocycles. The van der Waals surface area contributed by atoms with E-state index in [0.717, 1.165) is 19.4 Å². The molecule has 0 saturated heterocycles. The Morgan fingerprint density at radius 1 is 1.64 bits per heavy atom. The van der Waals surface area contributed by atoms with Crippen LogP contribution in [0.25, 0.3) is 0 Å². The molecule has 0 unspecified atom stereocenters. The summed E-state index contributed by atoms with van der Waals surface area (Å²) in [5.74, 6) is 0. The summed E-state index contributed by atoms with van der Waals surface area (Å²) < 4.78 is 1.19. The van der Waals surface area contributed by atoms with Gasteiger partial charge in [-0.3, -0.25) is 0 Å². The van der Waals surface area contributed by atoms with Gasteiger partial charge in [-0.1, -0.05) is 11.6 Å². The first kappa shape index (κ1) is 12.0. The fourth-order valence-electron chi connectivity index (χ4n) is 1.26. The van der Waals surface area contributed by atoms with Gasteiger partial charge in [0.05, 0.1) is 0 Å². The van der Waals surface area contributed by atoms with Crippen molar-refractivity contribution in [2.45, 2.75) is 19.8 Å². The molecular formula is C11H16BrNS. The van der Waals surface area contributed by atoms with Crippen LogP contribution in [0.1, 0.15) is 18.2 Å². The SMILES string of the molecule is CNCCC=C(C)Cc1cc(Br)cs1. The van der Waals surface area contributed by atoms with E-state index in [2.05, 4.69) is 45.7 Å². The van der Waals surface area contributed by atoms with Crippen molar-refractivity contribution in [3.05, 3.63) is 32.4 Å². The molecule has 0 aliphatic rings. The topological polar surface area (TPSA) is 12.0 Å². The van der Waals surface area contributed by atoms with E-state index in [4.69, 9.17) is 0 Å². The molecular weight excluding hydrogens is 258 g/mol. The largest absolute Gasteiger partial charge is 0.319 e. The van der Waals surface area contributed by atoms with Gasteiger partial charge < -0.3 is 5.32 Å². The van der Waals surface area contributed by atoms with E-state index < -0.39 is 0 Å². The maximum absolute atomic E-state index is 3.47. The van der Waals surface area contributed by atoms with Crippen LogP contribution in [0.3, 0.4) is 0 Å². The maximum atomic E-state index is 3.47. The smallest absolute Gasteiger partial charge is 0.0285 e. The van der Waals surface area contributed by atoms with Gasteiger partial charge in [0.2, 0.25) is 0 Å². The fourth-order valence-corrected chi connectivity index (χ4v) is 2.80. The predicted octanol–water partition coefficient (Wildman–Crippen LogP) is 3.61. The molecule has 1 aromatic rings. The Bertz CT molecular complexity index is 304. The van der Waals surface area contributed by atoms with Gasteiger partial charge in [0.1, 0.15) is 0 Å². The lowest BCUT2D eigenvalue weighted by Crippen LogP contribution is -2.06. The highest BCUT2D eigenvalue weighted by Gasteiger charge is 1.98. The lowest BCUT2D eigenvalue weighted by Gasteiger charge is -1.98. The normalized spacial score (nSPS) is 12.1. The van der Waals surface area contributed by atoms with Gasteiger partial charge in [-0.25, -0.2) is 0 Å². The number of thiophene rings is 1. The second-order valence-electron chi connectivity index (χ2n) is 3.35. The van der Waals surface area contributed by atoms with Crippen LogP contribution in [0.5, 0.6) is 0 Å². The zero-order valence-corrected chi connectivity index (χ0v) is 11.0. The minimum atomic E-state index is 1.06. The molecule has 1 N–H and O–H groups in total. The van der Waals surface area contributed by atoms with Crippen LogP contribution in [0.4, 0.5) is 0 Å². The molecule has 0 amide bonds. The Morgan fingerprint density at radius 2 is 2.43 bits per heavy atom. The standard InChI is InChI=1S/C11H16BrNS/c1-9(4-3-5-13-2)6-11-7-10(12)8-14-11/h4,7-8,13H,3,5-6H2,1-2H3. The second kappa shape index (κ2) is 6.38. The van der Waals surface area contributed by atoms with Gasteiger partial charge >= 0.3 is 0 Å². The average molecular weight is 274 g/mol. The first-order chi connectivity index (χ1) is 6.72. The average Bonchev–Trinajstić information content (AvgIpc) is 2.52. The maximum Gasteiger partial charge on any atom is 0.0285 e. The monoisotopic (exact) mass is 273 g/mol. The fraction of sp³-hybridized carbons (Fsp3) is 0.455. The molecule has 3 heteroatoms. The van der Waals surface area contributed by atoms with Crippen LogP contribution in [0.2, 0.25) is 0 Å². The lowest BCUT2D eigenvalue weighted by molar-refractivity contribution is 0.803. The summed E-state index contributed by atoms with van der Waals surface area (Å²) in [7, 11) is 1.99. The van der Waals surface area contributed by atoms with Crippen molar-refractivity contribution in [1.29, 1.82) is 0 Å². The number of allylic oxidation sites excluding steroid dienone is 1. The Morgan fingerprint density at radius 3 is 3.00 bits per heavy atom. The van der Waals surface area contributed by atoms with Gasteiger partial charge in [0.15, 0.2) is 0 Å². The summed E-state index contributed by atoms with van der Waals surface area (Å²) in [5, 5.41) is 5.28. The highest BCUT2D eigenvalue weighted by Crippen LogP contribution is 2.22. The number of rotatable bonds is 5. The molecule has 78 valence electrons. The minimum Gasteiger partial charge on any atom is -0.319 e. The van der Waals surface area contributed by atoms with Crippen LogP contribution in [-0.4, -0.2) is 13.6 Å². The van der Waals surface area contributed by atoms with E-state index in [1.54, 1.807) is 0 Å². The Balaban J connectivity index is 2.40. The van der Waals surface area contributed by atoms with E-state index in [-0.39, 0.29) is 0 Å². The zero-order chi connectivity index (χ0) is 10.4. The molecule has 0 saturated carbocycles. The van der Waals surface area contributed by atoms with Crippen LogP contribution >= 0.6 is 27.3 Å². The molecule has 1 aromatic heterocycles. The molecule has 0 aliphatic heterocycles. The quantitative estimate of drug-likeness (QED) is 0.639. The number of hydrogen-bond acceptors (Lipinski definition) is 2. The summed E-state index contributed by atoms with van der Waals surface area (Å²) in [6.45, 7) is 3.26. The number of halogens is 1. The van der Waals surface area contributed by atoms with Gasteiger partial charge in [0.25, 0.3) is 0 Å². The third-order valence-electron chi connectivity index (χ3n) is 1.96. The number of hydrogen-bond donors (Lipinski definition) is 1. The predicted molar refractivity (Wildman–Crippen MR) is 68.0 cm³/mol. The first-order valence-electron chi connectivity index (χ1n) is 4.75. The molecule has 0 spiro atoms. The summed E-state index contributed by atoms with van der Waals surface area (Å²) in [6.07, 6.45) is 4.51. The van der Waals surface area contributed by atoms with Crippen LogP contribution in [-0.2, 0) is 6.42 Å². The molecule has 1 rings (SSSR count). The summed E-state index contributed by atoms with van der Waals surface area (Å²) in [6, 6.07) is 2.19. The third-order valence-corrected chi connectivity index (χ3v) is 3.66. The summed E-state index contributed by atoms with van der Waals surface area (Å²) >= 11 is 5.28. The van der Waals surface area contributed by atoms with Crippen molar-refractivity contribution in [2.75, 3.05) is 13.6 Å². The van der Waals surface area contributed by atoms with Gasteiger partial charge in [-0.15, -0.1) is 11.3 Å². The van der Waals surface area contributed by atoms with E-state index in [9.17, 15) is 0 Å². The molecule has 0 bridgehead atoms. The Hall–Kier alpha value is -0.120. The lowest BCUT2D eigenvalue weighted by atomic mass is 10.1. The van der Waals surface area contributed by atoms with Crippen LogP contribution < -0.4 is 5.32 Å². The third kappa shape index (κ3) is 4.40. The van der Waals surface area contributed by atoms with Crippen molar-refractivity contribution < 1.29 is 0 Å². The van der Waals surface area contributed by atoms with Crippen molar-refractivity contribution in [1.82, 2.24) is 5.32 Å². The molecule has 14 heavy (non-hydrogen) atoms. The van der Waals surface area contributed by atoms with Crippen molar-refractivity contribution in [3.63, 3.8) is 0 Å². The summed E-state index contributed by atoms with van der Waals surface area (Å²) in [5.41, 5.74) is 1.45. The summed E-state index contributed by atoms with van der Waals surface area (Å²) in [4.78, 5) is 1.43. The highest BCUT2D eigenvalue weighted by molar-refractivity contribution is 9.10. The van der Waals surface area contributed by atoms with Gasteiger partial charge in [-0.05, 0) is 48.9 Å². The molecule has 0 radical (unpaired) electrons. The van der Waals surface area contributed by atoms with Crippen LogP contribution in [0.15, 0.2) is 27.6 Å². The van der Waals surface area contributed by atoms with Crippen molar-refractivity contribution in [2.24, 2.45) is 0 Å². The molecule has 0 aliphatic carbocycles. The molecule has 0 fully saturated rings. The van der Waals surface area contributed by atoms with E-state index in [1.807, 2.05) is 18.4 Å². The first-order valence-corrected chi connectivity index (χ1v) is 6.43. The second-order valence-corrected chi connectivity index (χ2v) is 5.26. The molecule has 0 atom stereocenters. The van der Waals surface area contributed by atoms with Crippen molar-refractivity contribution >= 4 is 27.3 Å². The van der Waals surface area contributed by atoms with Gasteiger partial charge in [0, 0.05) is 21.2 Å². The minimum absolute atomic E-state index is 1.06. The van der Waals surface area contributed by atoms with E-state index in [0.29, 0.717) is 0 Å². The number of nitrogens with one attached hydrogen (secondary N) is 1. The van der Waals surface area contributed by atoms with Crippen LogP contribution in [0, 0.1) is 0 Å². The Labute approximate surface area is 98.4 Å². The van der Waals surface area contributed by atoms with E-state index in [1.165, 1.54) is 14.9 Å². The van der Waals surface area contributed by atoms with E-state index >= 15 is 0 Å². The zero-order valence-electron chi connectivity index (χ0n) is 8.64. The van der Waals surface area contributed by atoms with Gasteiger partial charge in [-0.2, -0.15) is 0 Å².